The first-order valence-corrected chi connectivity index (χ1v) is 10.3. The van der Waals surface area contributed by atoms with Crippen LogP contribution in [-0.2, 0) is 13.2 Å². The number of carbonyl (C=O) groups excluding carboxylic acids is 1. The molecular formula is C23H17ClFN3O5. The van der Waals surface area contributed by atoms with Crippen LogP contribution in [0.4, 0.5) is 10.2 Å². The Bertz CT molecular complexity index is 1300. The molecule has 1 aliphatic heterocycles. The number of benzene rings is 2. The lowest BCUT2D eigenvalue weighted by molar-refractivity contribution is 0.0992. The third kappa shape index (κ3) is 4.78. The number of carbonyl (C=O) groups is 1. The molecule has 0 saturated carbocycles. The fraction of sp³-hybridized carbons (Fsp3) is 0.130. The SMILES string of the molecule is O=C(Nc1nn(Cc2ccc(F)cc2)cc1Cl)c1ccc(COc2ccc3c(c2)OCO3)o1. The van der Waals surface area contributed by atoms with Gasteiger partial charge in [-0.05, 0) is 42.0 Å². The smallest absolute Gasteiger partial charge is 0.292 e. The third-order valence-corrected chi connectivity index (χ3v) is 5.09. The number of halogens is 2. The number of amides is 1. The van der Waals surface area contributed by atoms with Gasteiger partial charge in [-0.25, -0.2) is 4.39 Å². The zero-order valence-electron chi connectivity index (χ0n) is 17.1. The Morgan fingerprint density at radius 2 is 1.94 bits per heavy atom. The molecule has 0 radical (unpaired) electrons. The van der Waals surface area contributed by atoms with Gasteiger partial charge in [0.1, 0.15) is 29.0 Å². The lowest BCUT2D eigenvalue weighted by atomic mass is 10.2. The van der Waals surface area contributed by atoms with E-state index >= 15 is 0 Å². The van der Waals surface area contributed by atoms with Crippen LogP contribution < -0.4 is 19.5 Å². The molecule has 2 aromatic heterocycles. The van der Waals surface area contributed by atoms with E-state index in [-0.39, 0.29) is 35.8 Å². The third-order valence-electron chi connectivity index (χ3n) is 4.82. The van der Waals surface area contributed by atoms with Crippen LogP contribution in [0.3, 0.4) is 0 Å². The Hall–Kier alpha value is -3.98. The van der Waals surface area contributed by atoms with Gasteiger partial charge in [0.15, 0.2) is 23.1 Å². The second-order valence-electron chi connectivity index (χ2n) is 7.17. The number of ether oxygens (including phenoxy) is 3. The number of anilines is 1. The first-order chi connectivity index (χ1) is 16.0. The highest BCUT2D eigenvalue weighted by molar-refractivity contribution is 6.33. The summed E-state index contributed by atoms with van der Waals surface area (Å²) in [4.78, 5) is 12.6. The zero-order chi connectivity index (χ0) is 22.8. The van der Waals surface area contributed by atoms with Gasteiger partial charge in [-0.1, -0.05) is 23.7 Å². The standard InChI is InChI=1S/C23H17ClFN3O5/c24-18-11-28(10-14-1-3-15(25)4-2-14)27-22(18)26-23(29)20-8-6-17(33-20)12-30-16-5-7-19-21(9-16)32-13-31-19/h1-9,11H,10,12-13H2,(H,26,27,29). The van der Waals surface area contributed by atoms with Crippen LogP contribution in [0.15, 0.2) is 65.2 Å². The second kappa shape index (κ2) is 8.87. The molecular weight excluding hydrogens is 453 g/mol. The summed E-state index contributed by atoms with van der Waals surface area (Å²) in [5.74, 6) is 1.79. The Morgan fingerprint density at radius 3 is 2.79 bits per heavy atom. The van der Waals surface area contributed by atoms with Crippen molar-refractivity contribution in [3.05, 3.63) is 88.7 Å². The topological polar surface area (TPSA) is 87.8 Å². The van der Waals surface area contributed by atoms with E-state index < -0.39 is 5.91 Å². The quantitative estimate of drug-likeness (QED) is 0.415. The minimum absolute atomic E-state index is 0.0865. The maximum absolute atomic E-state index is 13.1. The largest absolute Gasteiger partial charge is 0.486 e. The van der Waals surface area contributed by atoms with Crippen LogP contribution in [0.5, 0.6) is 17.2 Å². The van der Waals surface area contributed by atoms with Crippen molar-refractivity contribution in [1.82, 2.24) is 9.78 Å². The van der Waals surface area contributed by atoms with Gasteiger partial charge in [0.05, 0.1) is 6.54 Å². The molecule has 0 spiro atoms. The second-order valence-corrected chi connectivity index (χ2v) is 7.58. The van der Waals surface area contributed by atoms with Crippen LogP contribution in [0.25, 0.3) is 0 Å². The van der Waals surface area contributed by atoms with E-state index in [9.17, 15) is 9.18 Å². The molecule has 0 atom stereocenters. The maximum Gasteiger partial charge on any atom is 0.292 e. The maximum atomic E-state index is 13.1. The van der Waals surface area contributed by atoms with Crippen molar-refractivity contribution < 1.29 is 27.8 Å². The Labute approximate surface area is 192 Å². The van der Waals surface area contributed by atoms with Crippen molar-refractivity contribution in [3.8, 4) is 17.2 Å². The summed E-state index contributed by atoms with van der Waals surface area (Å²) < 4.78 is 36.5. The Morgan fingerprint density at radius 1 is 1.12 bits per heavy atom. The van der Waals surface area contributed by atoms with Crippen LogP contribution in [0.1, 0.15) is 21.9 Å². The molecule has 2 aromatic carbocycles. The molecule has 0 unspecified atom stereocenters. The number of hydrogen-bond donors (Lipinski definition) is 1. The summed E-state index contributed by atoms with van der Waals surface area (Å²) in [5.41, 5.74) is 0.839. The molecule has 3 heterocycles. The summed E-state index contributed by atoms with van der Waals surface area (Å²) in [5, 5.41) is 7.17. The fourth-order valence-electron chi connectivity index (χ4n) is 3.21. The van der Waals surface area contributed by atoms with Gasteiger partial charge in [-0.2, -0.15) is 5.10 Å². The molecule has 1 amide bonds. The number of fused-ring (bicyclic) bond motifs is 1. The lowest BCUT2D eigenvalue weighted by Gasteiger charge is -2.05. The van der Waals surface area contributed by atoms with Crippen LogP contribution in [0.2, 0.25) is 5.02 Å². The van der Waals surface area contributed by atoms with Gasteiger partial charge in [-0.15, -0.1) is 0 Å². The predicted molar refractivity (Wildman–Crippen MR) is 116 cm³/mol. The first kappa shape index (κ1) is 20.9. The summed E-state index contributed by atoms with van der Waals surface area (Å²) in [6.45, 7) is 0.682. The Kier molecular flexibility index (Phi) is 5.62. The summed E-state index contributed by atoms with van der Waals surface area (Å²) in [6.07, 6.45) is 1.58. The van der Waals surface area contributed by atoms with Gasteiger partial charge in [0.2, 0.25) is 6.79 Å². The lowest BCUT2D eigenvalue weighted by Crippen LogP contribution is -2.12. The van der Waals surface area contributed by atoms with E-state index in [0.29, 0.717) is 29.6 Å². The minimum Gasteiger partial charge on any atom is -0.486 e. The molecule has 8 nitrogen and oxygen atoms in total. The van der Waals surface area contributed by atoms with E-state index in [4.69, 9.17) is 30.2 Å². The van der Waals surface area contributed by atoms with Crippen molar-refractivity contribution in [2.45, 2.75) is 13.2 Å². The molecule has 1 N–H and O–H groups in total. The number of hydrogen-bond acceptors (Lipinski definition) is 6. The van der Waals surface area contributed by atoms with Gasteiger partial charge >= 0.3 is 0 Å². The molecule has 0 aliphatic carbocycles. The van der Waals surface area contributed by atoms with Crippen molar-refractivity contribution in [3.63, 3.8) is 0 Å². The van der Waals surface area contributed by atoms with Crippen molar-refractivity contribution >= 4 is 23.3 Å². The summed E-state index contributed by atoms with van der Waals surface area (Å²) >= 11 is 6.20. The van der Waals surface area contributed by atoms with E-state index in [2.05, 4.69) is 10.4 Å². The molecule has 4 aromatic rings. The highest BCUT2D eigenvalue weighted by Crippen LogP contribution is 2.35. The van der Waals surface area contributed by atoms with Gasteiger partial charge in [0, 0.05) is 12.3 Å². The zero-order valence-corrected chi connectivity index (χ0v) is 17.8. The monoisotopic (exact) mass is 469 g/mol. The van der Waals surface area contributed by atoms with E-state index in [1.807, 2.05) is 0 Å². The average Bonchev–Trinajstić information content (AvgIpc) is 3.54. The summed E-state index contributed by atoms with van der Waals surface area (Å²) in [6, 6.07) is 14.5. The molecule has 168 valence electrons. The number of aromatic nitrogens is 2. The molecule has 10 heteroatoms. The Balaban J connectivity index is 1.19. The van der Waals surface area contributed by atoms with Gasteiger partial charge in [-0.3, -0.25) is 9.48 Å². The fourth-order valence-corrected chi connectivity index (χ4v) is 3.41. The number of nitrogens with zero attached hydrogens (tertiary/aromatic N) is 2. The number of furan rings is 1. The highest BCUT2D eigenvalue weighted by Gasteiger charge is 2.17. The van der Waals surface area contributed by atoms with Crippen LogP contribution >= 0.6 is 11.6 Å². The molecule has 1 aliphatic rings. The van der Waals surface area contributed by atoms with Crippen molar-refractivity contribution in [2.24, 2.45) is 0 Å². The van der Waals surface area contributed by atoms with E-state index in [0.717, 1.165) is 5.56 Å². The number of rotatable bonds is 7. The molecule has 5 rings (SSSR count). The molecule has 0 saturated heterocycles. The van der Waals surface area contributed by atoms with E-state index in [1.165, 1.54) is 18.2 Å². The highest BCUT2D eigenvalue weighted by atomic mass is 35.5. The van der Waals surface area contributed by atoms with Crippen LogP contribution in [-0.4, -0.2) is 22.5 Å². The van der Waals surface area contributed by atoms with Gasteiger partial charge < -0.3 is 23.9 Å². The van der Waals surface area contributed by atoms with Crippen molar-refractivity contribution in [2.75, 3.05) is 12.1 Å². The first-order valence-electron chi connectivity index (χ1n) is 9.93. The predicted octanol–water partition coefficient (Wildman–Crippen LogP) is 4.88. The molecule has 0 fully saturated rings. The summed E-state index contributed by atoms with van der Waals surface area (Å²) in [7, 11) is 0. The van der Waals surface area contributed by atoms with Gasteiger partial charge in [0.25, 0.3) is 5.91 Å². The number of nitrogens with one attached hydrogen (secondary N) is 1. The van der Waals surface area contributed by atoms with E-state index in [1.54, 1.807) is 47.3 Å². The van der Waals surface area contributed by atoms with Crippen molar-refractivity contribution in [1.29, 1.82) is 0 Å². The average molecular weight is 470 g/mol. The molecule has 33 heavy (non-hydrogen) atoms. The van der Waals surface area contributed by atoms with Crippen LogP contribution in [0, 0.1) is 5.82 Å². The molecule has 0 bridgehead atoms. The normalized spacial score (nSPS) is 12.1. The minimum atomic E-state index is -0.502.